The summed E-state index contributed by atoms with van der Waals surface area (Å²) in [6.45, 7) is 8.01. The lowest BCUT2D eigenvalue weighted by Crippen LogP contribution is -2.36. The molecule has 0 radical (unpaired) electrons. The number of hydrogen-bond acceptors (Lipinski definition) is 3. The van der Waals surface area contributed by atoms with Crippen molar-refractivity contribution in [2.24, 2.45) is 5.92 Å². The molecule has 4 nitrogen and oxygen atoms in total. The van der Waals surface area contributed by atoms with Gasteiger partial charge in [0, 0.05) is 18.2 Å². The van der Waals surface area contributed by atoms with Gasteiger partial charge in [-0.1, -0.05) is 37.4 Å². The number of benzene rings is 1. The lowest BCUT2D eigenvalue weighted by molar-refractivity contribution is 0.0637. The summed E-state index contributed by atoms with van der Waals surface area (Å²) in [6.07, 6.45) is 5.64. The third kappa shape index (κ3) is 2.89. The monoisotopic (exact) mass is 374 g/mol. The van der Waals surface area contributed by atoms with Crippen LogP contribution in [0.25, 0.3) is 0 Å². The van der Waals surface area contributed by atoms with Gasteiger partial charge in [-0.15, -0.1) is 0 Å². The van der Waals surface area contributed by atoms with E-state index in [1.807, 2.05) is 0 Å². The maximum Gasteiger partial charge on any atom is 0.261 e. The summed E-state index contributed by atoms with van der Waals surface area (Å²) in [5.74, 6) is -1.16. The molecule has 4 rings (SSSR count). The van der Waals surface area contributed by atoms with Crippen molar-refractivity contribution in [3.05, 3.63) is 101 Å². The molecule has 140 valence electrons. The molecular weight excluding hydrogens is 355 g/mol. The van der Waals surface area contributed by atoms with Gasteiger partial charge in [-0.3, -0.25) is 19.5 Å². The topological polar surface area (TPSA) is 50.3 Å². The number of nitrogens with zero attached hydrogens (tertiary/aromatic N) is 2. The van der Waals surface area contributed by atoms with Gasteiger partial charge < -0.3 is 0 Å². The molecule has 2 aromatic rings. The quantitative estimate of drug-likeness (QED) is 0.763. The van der Waals surface area contributed by atoms with Gasteiger partial charge in [-0.25, -0.2) is 4.39 Å². The highest BCUT2D eigenvalue weighted by molar-refractivity contribution is 6.21. The molecule has 0 spiro atoms. The number of allylic oxidation sites excluding steroid dienone is 3. The van der Waals surface area contributed by atoms with Gasteiger partial charge in [0.1, 0.15) is 5.82 Å². The standard InChI is InChI=1S/C23H19FN2O2/c1-3-14-9-15-10-17(24)12-25-21(15)11-16(18(14)4-2)13-26-22(27)19-7-5-6-8-20(19)23(26)28/h3-8,10,12,16H,1-2,9,11,13H2. The average molecular weight is 374 g/mol. The SMILES string of the molecule is C=CC1=C(C=C)C(CN2C(=O)c3ccccc3C2=O)Cc2ncc(F)cc2C1. The number of rotatable bonds is 4. The van der Waals surface area contributed by atoms with E-state index in [9.17, 15) is 14.0 Å². The zero-order valence-corrected chi connectivity index (χ0v) is 15.3. The van der Waals surface area contributed by atoms with Crippen LogP contribution in [0.3, 0.4) is 0 Å². The fourth-order valence-corrected chi connectivity index (χ4v) is 4.04. The first-order valence-electron chi connectivity index (χ1n) is 9.10. The van der Waals surface area contributed by atoms with Gasteiger partial charge in [-0.05, 0) is 47.8 Å². The van der Waals surface area contributed by atoms with E-state index >= 15 is 0 Å². The number of halogens is 1. The maximum absolute atomic E-state index is 13.7. The van der Waals surface area contributed by atoms with Crippen LogP contribution in [-0.2, 0) is 12.8 Å². The summed E-state index contributed by atoms with van der Waals surface area (Å²) in [7, 11) is 0. The molecule has 1 aliphatic carbocycles. The highest BCUT2D eigenvalue weighted by atomic mass is 19.1. The molecule has 1 unspecified atom stereocenters. The normalized spacial score (nSPS) is 18.6. The Labute approximate surface area is 162 Å². The van der Waals surface area contributed by atoms with Crippen LogP contribution < -0.4 is 0 Å². The predicted molar refractivity (Wildman–Crippen MR) is 104 cm³/mol. The fraction of sp³-hybridized carbons (Fsp3) is 0.174. The summed E-state index contributed by atoms with van der Waals surface area (Å²) >= 11 is 0. The van der Waals surface area contributed by atoms with Crippen LogP contribution in [0.2, 0.25) is 0 Å². The number of pyridine rings is 1. The first-order valence-corrected chi connectivity index (χ1v) is 9.10. The second kappa shape index (κ2) is 7.00. The lowest BCUT2D eigenvalue weighted by Gasteiger charge is -2.23. The molecule has 1 aromatic heterocycles. The van der Waals surface area contributed by atoms with Crippen molar-refractivity contribution >= 4 is 11.8 Å². The molecule has 0 fully saturated rings. The second-order valence-corrected chi connectivity index (χ2v) is 6.99. The Balaban J connectivity index is 1.72. The van der Waals surface area contributed by atoms with E-state index in [-0.39, 0.29) is 30.1 Å². The number of fused-ring (bicyclic) bond motifs is 2. The highest BCUT2D eigenvalue weighted by Crippen LogP contribution is 2.32. The third-order valence-corrected chi connectivity index (χ3v) is 5.41. The zero-order valence-electron chi connectivity index (χ0n) is 15.3. The molecule has 1 aromatic carbocycles. The molecule has 1 atom stereocenters. The Morgan fingerprint density at radius 3 is 2.43 bits per heavy atom. The molecule has 2 amide bonds. The number of imide groups is 1. The Kier molecular flexibility index (Phi) is 4.51. The van der Waals surface area contributed by atoms with Crippen molar-refractivity contribution in [3.63, 3.8) is 0 Å². The van der Waals surface area contributed by atoms with E-state index in [1.165, 1.54) is 17.2 Å². The molecule has 2 aliphatic rings. The second-order valence-electron chi connectivity index (χ2n) is 6.99. The Morgan fingerprint density at radius 1 is 1.14 bits per heavy atom. The minimum Gasteiger partial charge on any atom is -0.274 e. The summed E-state index contributed by atoms with van der Waals surface area (Å²) in [6, 6.07) is 8.32. The first kappa shape index (κ1) is 18.0. The Bertz CT molecular complexity index is 1020. The summed E-state index contributed by atoms with van der Waals surface area (Å²) in [5, 5.41) is 0. The predicted octanol–water partition coefficient (Wildman–Crippen LogP) is 3.90. The number of aromatic nitrogens is 1. The number of carbonyl (C=O) groups is 2. The minimum atomic E-state index is -0.388. The average Bonchev–Trinajstić information content (AvgIpc) is 2.85. The third-order valence-electron chi connectivity index (χ3n) is 5.41. The van der Waals surface area contributed by atoms with E-state index in [2.05, 4.69) is 18.1 Å². The molecule has 0 saturated heterocycles. The van der Waals surface area contributed by atoms with Gasteiger partial charge >= 0.3 is 0 Å². The molecule has 1 aliphatic heterocycles. The van der Waals surface area contributed by atoms with Gasteiger partial charge in [-0.2, -0.15) is 0 Å². The van der Waals surface area contributed by atoms with Crippen molar-refractivity contribution in [1.82, 2.24) is 9.88 Å². The Hall–Kier alpha value is -3.34. The molecule has 0 N–H and O–H groups in total. The molecule has 0 bridgehead atoms. The van der Waals surface area contributed by atoms with Gasteiger partial charge in [0.2, 0.25) is 0 Å². The highest BCUT2D eigenvalue weighted by Gasteiger charge is 2.37. The summed E-state index contributed by atoms with van der Waals surface area (Å²) in [4.78, 5) is 31.1. The molecule has 28 heavy (non-hydrogen) atoms. The molecule has 0 saturated carbocycles. The van der Waals surface area contributed by atoms with Crippen LogP contribution >= 0.6 is 0 Å². The van der Waals surface area contributed by atoms with Crippen LogP contribution in [0.1, 0.15) is 32.0 Å². The van der Waals surface area contributed by atoms with Gasteiger partial charge in [0.05, 0.1) is 17.3 Å². The van der Waals surface area contributed by atoms with Crippen molar-refractivity contribution in [2.75, 3.05) is 6.54 Å². The Morgan fingerprint density at radius 2 is 1.82 bits per heavy atom. The smallest absolute Gasteiger partial charge is 0.261 e. The van der Waals surface area contributed by atoms with Crippen LogP contribution in [0.15, 0.2) is 73.0 Å². The van der Waals surface area contributed by atoms with Crippen LogP contribution in [0.4, 0.5) is 4.39 Å². The summed E-state index contributed by atoms with van der Waals surface area (Å²) < 4.78 is 13.7. The van der Waals surface area contributed by atoms with Crippen molar-refractivity contribution < 1.29 is 14.0 Å². The van der Waals surface area contributed by atoms with Crippen molar-refractivity contribution in [1.29, 1.82) is 0 Å². The largest absolute Gasteiger partial charge is 0.274 e. The number of amides is 2. The maximum atomic E-state index is 13.7. The summed E-state index contributed by atoms with van der Waals surface area (Å²) in [5.41, 5.74) is 4.22. The van der Waals surface area contributed by atoms with Gasteiger partial charge in [0.25, 0.3) is 11.8 Å². The van der Waals surface area contributed by atoms with E-state index in [1.54, 1.807) is 36.4 Å². The molecule has 2 heterocycles. The van der Waals surface area contributed by atoms with Crippen LogP contribution in [-0.4, -0.2) is 28.2 Å². The minimum absolute atomic E-state index is 0.188. The van der Waals surface area contributed by atoms with Crippen LogP contribution in [0.5, 0.6) is 0 Å². The first-order chi connectivity index (χ1) is 13.5. The molecule has 5 heteroatoms. The van der Waals surface area contributed by atoms with E-state index < -0.39 is 0 Å². The van der Waals surface area contributed by atoms with Crippen molar-refractivity contribution in [3.8, 4) is 0 Å². The lowest BCUT2D eigenvalue weighted by atomic mass is 9.91. The van der Waals surface area contributed by atoms with E-state index in [0.29, 0.717) is 24.0 Å². The molecular formula is C23H19FN2O2. The van der Waals surface area contributed by atoms with E-state index in [0.717, 1.165) is 22.4 Å². The zero-order chi connectivity index (χ0) is 19.8. The van der Waals surface area contributed by atoms with Crippen LogP contribution in [0, 0.1) is 11.7 Å². The van der Waals surface area contributed by atoms with Gasteiger partial charge in [0.15, 0.2) is 0 Å². The van der Waals surface area contributed by atoms with Crippen molar-refractivity contribution in [2.45, 2.75) is 12.8 Å². The fourth-order valence-electron chi connectivity index (χ4n) is 4.04. The van der Waals surface area contributed by atoms with E-state index in [4.69, 9.17) is 0 Å². The number of hydrogen-bond donors (Lipinski definition) is 0. The number of carbonyl (C=O) groups excluding carboxylic acids is 2.